The summed E-state index contributed by atoms with van der Waals surface area (Å²) < 4.78 is 0. The van der Waals surface area contributed by atoms with Gasteiger partial charge in [-0.15, -0.1) is 10.2 Å². The number of anilines is 1. The van der Waals surface area contributed by atoms with E-state index in [1.807, 2.05) is 43.1 Å². The topological polar surface area (TPSA) is 101 Å². The Morgan fingerprint density at radius 1 is 1.37 bits per heavy atom. The van der Waals surface area contributed by atoms with E-state index in [1.165, 1.54) is 0 Å². The van der Waals surface area contributed by atoms with Crippen LogP contribution in [-0.4, -0.2) is 39.8 Å². The average Bonchev–Trinajstić information content (AvgIpc) is 2.45. The fourth-order valence-electron chi connectivity index (χ4n) is 1.72. The number of oxime groups is 1. The molecule has 0 saturated heterocycles. The molecule has 0 aliphatic rings. The van der Waals surface area contributed by atoms with E-state index < -0.39 is 0 Å². The summed E-state index contributed by atoms with van der Waals surface area (Å²) in [4.78, 5) is 6.24. The van der Waals surface area contributed by atoms with E-state index >= 15 is 0 Å². The molecule has 7 heteroatoms. The second-order valence-corrected chi connectivity index (χ2v) is 4.41. The molecule has 0 bridgehead atoms. The Morgan fingerprint density at radius 2 is 2.05 bits per heavy atom. The van der Waals surface area contributed by atoms with E-state index in [-0.39, 0.29) is 11.8 Å². The van der Waals surface area contributed by atoms with Crippen molar-refractivity contribution in [3.05, 3.63) is 24.3 Å². The second kappa shape index (κ2) is 5.47. The first-order chi connectivity index (χ1) is 9.11. The molecule has 0 aliphatic heterocycles. The van der Waals surface area contributed by atoms with Crippen LogP contribution in [0.4, 0.5) is 5.95 Å². The van der Waals surface area contributed by atoms with Crippen LogP contribution < -0.4 is 10.6 Å². The van der Waals surface area contributed by atoms with Gasteiger partial charge in [-0.05, 0) is 12.1 Å². The molecule has 0 spiro atoms. The SMILES string of the molecule is CC(CN(C)c1nnc2ccccc2n1)/C(N)=N/O. The van der Waals surface area contributed by atoms with Crippen molar-refractivity contribution in [3.63, 3.8) is 0 Å². The van der Waals surface area contributed by atoms with E-state index in [4.69, 9.17) is 10.9 Å². The Labute approximate surface area is 110 Å². The standard InChI is InChI=1S/C12H16N6O/c1-8(11(13)17-19)7-18(2)12-14-9-5-3-4-6-10(9)15-16-12/h3-6,8,19H,7H2,1-2H3,(H2,13,17). The van der Waals surface area contributed by atoms with Gasteiger partial charge in [0.2, 0.25) is 5.95 Å². The van der Waals surface area contributed by atoms with Crippen LogP contribution in [0, 0.1) is 5.92 Å². The highest BCUT2D eigenvalue weighted by Crippen LogP contribution is 2.12. The van der Waals surface area contributed by atoms with Crippen LogP contribution in [0.1, 0.15) is 6.92 Å². The van der Waals surface area contributed by atoms with E-state index in [2.05, 4.69) is 20.3 Å². The number of aromatic nitrogens is 3. The lowest BCUT2D eigenvalue weighted by Crippen LogP contribution is -2.33. The minimum Gasteiger partial charge on any atom is -0.409 e. The number of amidine groups is 1. The maximum atomic E-state index is 8.63. The predicted molar refractivity (Wildman–Crippen MR) is 73.2 cm³/mol. The molecule has 2 aromatic rings. The van der Waals surface area contributed by atoms with Gasteiger partial charge in [-0.25, -0.2) is 4.98 Å². The van der Waals surface area contributed by atoms with Gasteiger partial charge < -0.3 is 15.8 Å². The van der Waals surface area contributed by atoms with Crippen LogP contribution in [0.5, 0.6) is 0 Å². The molecular weight excluding hydrogens is 244 g/mol. The van der Waals surface area contributed by atoms with E-state index in [0.717, 1.165) is 11.0 Å². The molecule has 19 heavy (non-hydrogen) atoms. The molecule has 0 radical (unpaired) electrons. The quantitative estimate of drug-likeness (QED) is 0.366. The number of hydrogen-bond acceptors (Lipinski definition) is 6. The van der Waals surface area contributed by atoms with E-state index in [1.54, 1.807) is 0 Å². The minimum atomic E-state index is -0.106. The lowest BCUT2D eigenvalue weighted by molar-refractivity contribution is 0.314. The van der Waals surface area contributed by atoms with Crippen molar-refractivity contribution < 1.29 is 5.21 Å². The molecule has 0 amide bonds. The summed E-state index contributed by atoms with van der Waals surface area (Å²) in [5.41, 5.74) is 7.09. The lowest BCUT2D eigenvalue weighted by atomic mass is 10.1. The number of nitrogens with two attached hydrogens (primary N) is 1. The predicted octanol–water partition coefficient (Wildman–Crippen LogP) is 0.844. The van der Waals surface area contributed by atoms with Crippen LogP contribution in [0.2, 0.25) is 0 Å². The zero-order valence-corrected chi connectivity index (χ0v) is 10.9. The molecule has 2 rings (SSSR count). The zero-order chi connectivity index (χ0) is 13.8. The monoisotopic (exact) mass is 260 g/mol. The normalized spacial score (nSPS) is 13.5. The Balaban J connectivity index is 2.19. The van der Waals surface area contributed by atoms with Gasteiger partial charge in [-0.1, -0.05) is 24.2 Å². The molecule has 1 aromatic heterocycles. The number of benzene rings is 1. The summed E-state index contributed by atoms with van der Waals surface area (Å²) >= 11 is 0. The van der Waals surface area contributed by atoms with Crippen molar-refractivity contribution >= 4 is 22.8 Å². The second-order valence-electron chi connectivity index (χ2n) is 4.41. The molecule has 100 valence electrons. The van der Waals surface area contributed by atoms with Gasteiger partial charge in [0.15, 0.2) is 0 Å². The van der Waals surface area contributed by atoms with Crippen molar-refractivity contribution in [2.75, 3.05) is 18.5 Å². The highest BCUT2D eigenvalue weighted by molar-refractivity contribution is 5.82. The fraction of sp³-hybridized carbons (Fsp3) is 0.333. The van der Waals surface area contributed by atoms with Crippen molar-refractivity contribution in [2.24, 2.45) is 16.8 Å². The van der Waals surface area contributed by atoms with Crippen molar-refractivity contribution in [3.8, 4) is 0 Å². The smallest absolute Gasteiger partial charge is 0.245 e. The molecule has 1 aromatic carbocycles. The van der Waals surface area contributed by atoms with Gasteiger partial charge in [0.1, 0.15) is 11.4 Å². The summed E-state index contributed by atoms with van der Waals surface area (Å²) in [6.07, 6.45) is 0. The zero-order valence-electron chi connectivity index (χ0n) is 10.9. The first kappa shape index (κ1) is 13.0. The van der Waals surface area contributed by atoms with Crippen molar-refractivity contribution in [1.29, 1.82) is 0 Å². The Bertz CT molecular complexity index is 600. The molecular formula is C12H16N6O. The van der Waals surface area contributed by atoms with Gasteiger partial charge >= 0.3 is 0 Å². The average molecular weight is 260 g/mol. The third-order valence-electron chi connectivity index (χ3n) is 2.86. The van der Waals surface area contributed by atoms with Gasteiger partial charge in [0.25, 0.3) is 0 Å². The maximum Gasteiger partial charge on any atom is 0.245 e. The Kier molecular flexibility index (Phi) is 3.74. The lowest BCUT2D eigenvalue weighted by Gasteiger charge is -2.20. The largest absolute Gasteiger partial charge is 0.409 e. The van der Waals surface area contributed by atoms with E-state index in [0.29, 0.717) is 12.5 Å². The first-order valence-corrected chi connectivity index (χ1v) is 5.90. The highest BCUT2D eigenvalue weighted by atomic mass is 16.4. The molecule has 1 heterocycles. The van der Waals surface area contributed by atoms with Crippen molar-refractivity contribution in [1.82, 2.24) is 15.2 Å². The van der Waals surface area contributed by atoms with Gasteiger partial charge in [0.05, 0.1) is 5.52 Å². The molecule has 0 aliphatic carbocycles. The summed E-state index contributed by atoms with van der Waals surface area (Å²) in [5.74, 6) is 0.585. The van der Waals surface area contributed by atoms with Crippen LogP contribution in [0.15, 0.2) is 29.4 Å². The Morgan fingerprint density at radius 3 is 2.74 bits per heavy atom. The van der Waals surface area contributed by atoms with E-state index in [9.17, 15) is 0 Å². The van der Waals surface area contributed by atoms with Crippen molar-refractivity contribution in [2.45, 2.75) is 6.92 Å². The number of rotatable bonds is 4. The van der Waals surface area contributed by atoms with Gasteiger partial charge in [-0.3, -0.25) is 0 Å². The highest BCUT2D eigenvalue weighted by Gasteiger charge is 2.13. The number of hydrogen-bond donors (Lipinski definition) is 2. The molecule has 1 atom stereocenters. The first-order valence-electron chi connectivity index (χ1n) is 5.90. The number of para-hydroxylation sites is 1. The molecule has 0 saturated carbocycles. The third kappa shape index (κ3) is 2.87. The summed E-state index contributed by atoms with van der Waals surface area (Å²) in [7, 11) is 1.84. The summed E-state index contributed by atoms with van der Waals surface area (Å²) in [6.45, 7) is 2.40. The van der Waals surface area contributed by atoms with Crippen LogP contribution in [0.3, 0.4) is 0 Å². The van der Waals surface area contributed by atoms with Crippen LogP contribution in [-0.2, 0) is 0 Å². The molecule has 0 fully saturated rings. The fourth-order valence-corrected chi connectivity index (χ4v) is 1.72. The maximum absolute atomic E-state index is 8.63. The molecule has 1 unspecified atom stereocenters. The Hall–Kier alpha value is -2.44. The van der Waals surface area contributed by atoms with Gasteiger partial charge in [0, 0.05) is 19.5 Å². The minimum absolute atomic E-state index is 0.106. The number of fused-ring (bicyclic) bond motifs is 1. The van der Waals surface area contributed by atoms with Crippen LogP contribution >= 0.6 is 0 Å². The molecule has 7 nitrogen and oxygen atoms in total. The van der Waals surface area contributed by atoms with Crippen LogP contribution in [0.25, 0.3) is 11.0 Å². The molecule has 3 N–H and O–H groups in total. The summed E-state index contributed by atoms with van der Waals surface area (Å²) in [5, 5.41) is 19.8. The van der Waals surface area contributed by atoms with Gasteiger partial charge in [-0.2, -0.15) is 0 Å². The summed E-state index contributed by atoms with van der Waals surface area (Å²) in [6, 6.07) is 7.54. The number of nitrogens with zero attached hydrogens (tertiary/aromatic N) is 5. The third-order valence-corrected chi connectivity index (χ3v) is 2.86.